The van der Waals surface area contributed by atoms with Gasteiger partial charge in [0.15, 0.2) is 5.84 Å². The lowest BCUT2D eigenvalue weighted by atomic mass is 9.83. The highest BCUT2D eigenvalue weighted by Gasteiger charge is 2.37. The number of likely N-dealkylation sites (N-methyl/N-ethyl adjacent to an activating group) is 1. The summed E-state index contributed by atoms with van der Waals surface area (Å²) in [7, 11) is 3.70. The van der Waals surface area contributed by atoms with Crippen LogP contribution in [0.15, 0.2) is 40.0 Å². The summed E-state index contributed by atoms with van der Waals surface area (Å²) < 4.78 is 11.6. The van der Waals surface area contributed by atoms with E-state index in [-0.39, 0.29) is 11.9 Å². The Morgan fingerprint density at radius 3 is 2.78 bits per heavy atom. The fraction of sp³-hybridized carbons (Fsp3) is 0.621. The molecule has 1 aliphatic carbocycles. The predicted octanol–water partition coefficient (Wildman–Crippen LogP) is 5.27. The van der Waals surface area contributed by atoms with Gasteiger partial charge in [-0.2, -0.15) is 0 Å². The van der Waals surface area contributed by atoms with Crippen molar-refractivity contribution >= 4 is 23.3 Å². The van der Waals surface area contributed by atoms with E-state index in [9.17, 15) is 4.79 Å². The Balaban J connectivity index is 1.40. The highest BCUT2D eigenvalue weighted by atomic mass is 16.5. The quantitative estimate of drug-likeness (QED) is 0.543. The van der Waals surface area contributed by atoms with E-state index >= 15 is 0 Å². The fourth-order valence-electron chi connectivity index (χ4n) is 6.14. The van der Waals surface area contributed by atoms with Crippen LogP contribution in [0.25, 0.3) is 0 Å². The Bertz CT molecular complexity index is 1050. The molecule has 3 fully saturated rings. The third kappa shape index (κ3) is 5.36. The second-order valence-corrected chi connectivity index (χ2v) is 10.6. The van der Waals surface area contributed by atoms with Gasteiger partial charge < -0.3 is 19.3 Å². The van der Waals surface area contributed by atoms with Crippen molar-refractivity contribution in [3.05, 3.63) is 35.5 Å². The maximum absolute atomic E-state index is 12.8. The zero-order chi connectivity index (χ0) is 25.1. The van der Waals surface area contributed by atoms with E-state index in [1.807, 2.05) is 21.1 Å². The number of hydrogen-bond donors (Lipinski definition) is 0. The van der Waals surface area contributed by atoms with Crippen molar-refractivity contribution in [3.8, 4) is 5.75 Å². The number of benzene rings is 1. The number of allylic oxidation sites excluding steroid dienone is 1. The first kappa shape index (κ1) is 25.0. The molecule has 0 spiro atoms. The summed E-state index contributed by atoms with van der Waals surface area (Å²) in [5, 5.41) is 0. The summed E-state index contributed by atoms with van der Waals surface area (Å²) in [4.78, 5) is 27.0. The number of fused-ring (bicyclic) bond motifs is 3. The van der Waals surface area contributed by atoms with Crippen LogP contribution in [0.2, 0.25) is 0 Å². The number of nitrogens with zero attached hydrogens (tertiary/aromatic N) is 4. The molecule has 5 rings (SSSR count). The van der Waals surface area contributed by atoms with Crippen LogP contribution in [0, 0.1) is 5.92 Å². The lowest BCUT2D eigenvalue weighted by Crippen LogP contribution is -2.36. The average molecular weight is 493 g/mol. The minimum absolute atomic E-state index is 0.175. The number of hydrogen-bond acceptors (Lipinski definition) is 5. The van der Waals surface area contributed by atoms with Crippen molar-refractivity contribution in [2.75, 3.05) is 27.3 Å². The summed E-state index contributed by atoms with van der Waals surface area (Å²) in [5.41, 5.74) is 3.07. The van der Waals surface area contributed by atoms with Crippen molar-refractivity contribution in [1.29, 1.82) is 0 Å². The van der Waals surface area contributed by atoms with E-state index in [1.165, 1.54) is 18.4 Å². The van der Waals surface area contributed by atoms with E-state index in [0.717, 1.165) is 80.3 Å². The van der Waals surface area contributed by atoms with Crippen LogP contribution < -0.4 is 4.74 Å². The largest absolute Gasteiger partial charge is 0.492 e. The van der Waals surface area contributed by atoms with Crippen LogP contribution in [0.3, 0.4) is 0 Å². The molecule has 7 nitrogen and oxygen atoms in total. The molecule has 36 heavy (non-hydrogen) atoms. The molecule has 3 heterocycles. The standard InChI is InChI=1S/C29H40N4O3/c1-4-36-26-18-21(17-20-10-13-23(35-3)14-11-20)12-15-24(26)30-27-9-5-8-25-29(31-27)33-16-6-7-22(33)19-28(34)32(25)2/h8,12,15,18,20,22-23H,4-7,9-11,13-14,16-17,19H2,1-3H3. The Hall–Kier alpha value is -2.67. The Morgan fingerprint density at radius 2 is 2.00 bits per heavy atom. The molecule has 1 aromatic carbocycles. The number of aliphatic imine (C=N–C) groups is 2. The van der Waals surface area contributed by atoms with Crippen molar-refractivity contribution in [2.24, 2.45) is 15.9 Å². The van der Waals surface area contributed by atoms with Crippen LogP contribution >= 0.6 is 0 Å². The zero-order valence-corrected chi connectivity index (χ0v) is 22.0. The summed E-state index contributed by atoms with van der Waals surface area (Å²) >= 11 is 0. The molecular weight excluding hydrogens is 452 g/mol. The number of amides is 1. The number of carbonyl (C=O) groups is 1. The Labute approximate surface area is 215 Å². The molecule has 0 aromatic heterocycles. The molecule has 194 valence electrons. The molecule has 1 amide bonds. The smallest absolute Gasteiger partial charge is 0.228 e. The number of amidine groups is 2. The number of ether oxygens (including phenoxy) is 2. The second-order valence-electron chi connectivity index (χ2n) is 10.6. The van der Waals surface area contributed by atoms with E-state index in [0.29, 0.717) is 25.0 Å². The predicted molar refractivity (Wildman–Crippen MR) is 143 cm³/mol. The fourth-order valence-corrected chi connectivity index (χ4v) is 6.14. The molecule has 2 saturated heterocycles. The molecule has 1 atom stereocenters. The van der Waals surface area contributed by atoms with Crippen LogP contribution in [0.5, 0.6) is 5.75 Å². The van der Waals surface area contributed by atoms with Crippen molar-refractivity contribution in [2.45, 2.75) is 83.3 Å². The summed E-state index contributed by atoms with van der Waals surface area (Å²) in [5.74, 6) is 3.41. The van der Waals surface area contributed by atoms with Gasteiger partial charge in [-0.15, -0.1) is 0 Å². The topological polar surface area (TPSA) is 66.7 Å². The minimum atomic E-state index is 0.175. The zero-order valence-electron chi connectivity index (χ0n) is 22.0. The molecule has 7 heteroatoms. The lowest BCUT2D eigenvalue weighted by Gasteiger charge is -2.27. The first-order valence-corrected chi connectivity index (χ1v) is 13.7. The van der Waals surface area contributed by atoms with Gasteiger partial charge in [-0.3, -0.25) is 4.79 Å². The molecule has 1 unspecified atom stereocenters. The van der Waals surface area contributed by atoms with Crippen molar-refractivity contribution in [3.63, 3.8) is 0 Å². The van der Waals surface area contributed by atoms with Gasteiger partial charge in [-0.25, -0.2) is 9.98 Å². The van der Waals surface area contributed by atoms with Gasteiger partial charge in [0.2, 0.25) is 5.91 Å². The van der Waals surface area contributed by atoms with Gasteiger partial charge >= 0.3 is 0 Å². The van der Waals surface area contributed by atoms with Gasteiger partial charge in [0, 0.05) is 39.6 Å². The summed E-state index contributed by atoms with van der Waals surface area (Å²) in [6.07, 6.45) is 12.6. The van der Waals surface area contributed by atoms with Crippen LogP contribution in [0.4, 0.5) is 5.69 Å². The van der Waals surface area contributed by atoms with E-state index in [1.54, 1.807) is 4.90 Å². The maximum Gasteiger partial charge on any atom is 0.228 e. The van der Waals surface area contributed by atoms with Gasteiger partial charge in [-0.1, -0.05) is 12.1 Å². The maximum atomic E-state index is 12.8. The summed E-state index contributed by atoms with van der Waals surface area (Å²) in [6, 6.07) is 6.70. The van der Waals surface area contributed by atoms with E-state index < -0.39 is 0 Å². The number of rotatable bonds is 6. The SMILES string of the molecule is CCOc1cc(CC2CCC(OC)CC2)ccc1N=C1CCC=C2C(=N1)N1CCCC1CC(=O)N2C. The van der Waals surface area contributed by atoms with Crippen LogP contribution in [-0.4, -0.2) is 66.8 Å². The van der Waals surface area contributed by atoms with E-state index in [4.69, 9.17) is 19.5 Å². The average Bonchev–Trinajstić information content (AvgIpc) is 3.20. The monoisotopic (exact) mass is 492 g/mol. The highest BCUT2D eigenvalue weighted by Crippen LogP contribution is 2.35. The van der Waals surface area contributed by atoms with Crippen LogP contribution in [0.1, 0.15) is 70.3 Å². The molecular formula is C29H40N4O3. The molecule has 0 N–H and O–H groups in total. The van der Waals surface area contributed by atoms with E-state index in [2.05, 4.69) is 29.2 Å². The number of carbonyl (C=O) groups excluding carboxylic acids is 1. The molecule has 0 bridgehead atoms. The van der Waals surface area contributed by atoms with Crippen molar-refractivity contribution in [1.82, 2.24) is 9.80 Å². The first-order valence-electron chi connectivity index (χ1n) is 13.7. The molecule has 0 radical (unpaired) electrons. The normalized spacial score (nSPS) is 27.7. The second kappa shape index (κ2) is 11.2. The molecule has 3 aliphatic heterocycles. The minimum Gasteiger partial charge on any atom is -0.492 e. The third-order valence-electron chi connectivity index (χ3n) is 8.19. The third-order valence-corrected chi connectivity index (χ3v) is 8.19. The van der Waals surface area contributed by atoms with Crippen molar-refractivity contribution < 1.29 is 14.3 Å². The Kier molecular flexibility index (Phi) is 7.75. The molecule has 1 aromatic rings. The van der Waals surface area contributed by atoms with Gasteiger partial charge in [0.1, 0.15) is 17.3 Å². The number of methoxy groups -OCH3 is 1. The molecule has 1 saturated carbocycles. The lowest BCUT2D eigenvalue weighted by molar-refractivity contribution is -0.128. The summed E-state index contributed by atoms with van der Waals surface area (Å²) in [6.45, 7) is 3.56. The molecule has 4 aliphatic rings. The van der Waals surface area contributed by atoms with Gasteiger partial charge in [0.25, 0.3) is 0 Å². The highest BCUT2D eigenvalue weighted by molar-refractivity contribution is 6.10. The van der Waals surface area contributed by atoms with Crippen LogP contribution in [-0.2, 0) is 16.0 Å². The van der Waals surface area contributed by atoms with Gasteiger partial charge in [0.05, 0.1) is 18.4 Å². The Morgan fingerprint density at radius 1 is 1.17 bits per heavy atom. The first-order chi connectivity index (χ1) is 17.6. The van der Waals surface area contributed by atoms with Gasteiger partial charge in [-0.05, 0) is 81.9 Å².